The van der Waals surface area contributed by atoms with Gasteiger partial charge in [-0.3, -0.25) is 4.57 Å². The number of nitrogens with zero attached hydrogens (tertiary/aromatic N) is 2. The monoisotopic (exact) mass is 323 g/mol. The maximum atomic E-state index is 12.1. The van der Waals surface area contributed by atoms with Crippen molar-refractivity contribution in [3.63, 3.8) is 0 Å². The van der Waals surface area contributed by atoms with Crippen LogP contribution in [0.5, 0.6) is 0 Å². The highest BCUT2D eigenvalue weighted by molar-refractivity contribution is 5.61. The highest BCUT2D eigenvalue weighted by Crippen LogP contribution is 2.28. The smallest absolute Gasteiger partial charge is 0.351 e. The summed E-state index contributed by atoms with van der Waals surface area (Å²) in [5.41, 5.74) is 7.10. The summed E-state index contributed by atoms with van der Waals surface area (Å²) in [7, 11) is 0. The molecular formula is C16H25N3O4. The van der Waals surface area contributed by atoms with E-state index in [0.717, 1.165) is 12.0 Å². The Morgan fingerprint density at radius 3 is 2.87 bits per heavy atom. The Morgan fingerprint density at radius 1 is 1.61 bits per heavy atom. The zero-order valence-electron chi connectivity index (χ0n) is 13.8. The number of hydrogen-bond donors (Lipinski definition) is 3. The van der Waals surface area contributed by atoms with Gasteiger partial charge in [-0.15, -0.1) is 0 Å². The molecule has 0 amide bonds. The molecule has 1 aliphatic rings. The van der Waals surface area contributed by atoms with E-state index in [0.29, 0.717) is 11.5 Å². The highest BCUT2D eigenvalue weighted by Gasteiger charge is 2.35. The summed E-state index contributed by atoms with van der Waals surface area (Å²) in [6, 6.07) is 0. The van der Waals surface area contributed by atoms with Gasteiger partial charge in [-0.05, 0) is 19.3 Å². The first-order chi connectivity index (χ1) is 10.8. The Hall–Kier alpha value is -1.70. The number of nitrogen functional groups attached to an aromatic ring is 1. The Kier molecular flexibility index (Phi) is 5.56. The summed E-state index contributed by atoms with van der Waals surface area (Å²) in [6.45, 7) is 5.97. The highest BCUT2D eigenvalue weighted by atomic mass is 16.5. The van der Waals surface area contributed by atoms with E-state index in [-0.39, 0.29) is 18.8 Å². The molecule has 4 N–H and O–H groups in total. The van der Waals surface area contributed by atoms with Crippen molar-refractivity contribution in [1.82, 2.24) is 9.55 Å². The molecule has 23 heavy (non-hydrogen) atoms. The number of anilines is 1. The first-order valence-electron chi connectivity index (χ1n) is 7.82. The Morgan fingerprint density at radius 2 is 2.30 bits per heavy atom. The van der Waals surface area contributed by atoms with E-state index in [4.69, 9.17) is 15.6 Å². The standard InChI is InChI=1S/C16H25N3O4/c1-9(2)4-10(3)5-11-7-19(16(22)18-15(11)17)14-6-12(21)13(8-20)23-14/h5,7,9,12-14,20-21H,4,6,8H2,1-3H3,(H2,17,18,22)/t12-,13+,14+/m0/s1. The molecule has 1 fully saturated rings. The van der Waals surface area contributed by atoms with Crippen LogP contribution >= 0.6 is 0 Å². The molecule has 2 heterocycles. The van der Waals surface area contributed by atoms with E-state index in [1.807, 2.05) is 13.0 Å². The lowest BCUT2D eigenvalue weighted by Gasteiger charge is -2.15. The van der Waals surface area contributed by atoms with Crippen molar-refractivity contribution >= 4 is 11.9 Å². The van der Waals surface area contributed by atoms with Crippen molar-refractivity contribution in [3.8, 4) is 0 Å². The fraction of sp³-hybridized carbons (Fsp3) is 0.625. The van der Waals surface area contributed by atoms with Crippen LogP contribution in [-0.4, -0.2) is 38.6 Å². The fourth-order valence-electron chi connectivity index (χ4n) is 2.83. The lowest BCUT2D eigenvalue weighted by atomic mass is 10.0. The second-order valence-electron chi connectivity index (χ2n) is 6.47. The lowest BCUT2D eigenvalue weighted by Crippen LogP contribution is -2.28. The van der Waals surface area contributed by atoms with Crippen molar-refractivity contribution in [2.24, 2.45) is 5.92 Å². The van der Waals surface area contributed by atoms with Crippen molar-refractivity contribution in [2.45, 2.75) is 52.0 Å². The van der Waals surface area contributed by atoms with Crippen LogP contribution in [0, 0.1) is 5.92 Å². The largest absolute Gasteiger partial charge is 0.394 e. The number of rotatable bonds is 5. The molecule has 0 unspecified atom stereocenters. The van der Waals surface area contributed by atoms with Crippen LogP contribution in [0.2, 0.25) is 0 Å². The molecule has 128 valence electrons. The van der Waals surface area contributed by atoms with E-state index >= 15 is 0 Å². The number of aliphatic hydroxyl groups is 2. The van der Waals surface area contributed by atoms with Crippen molar-refractivity contribution in [2.75, 3.05) is 12.3 Å². The lowest BCUT2D eigenvalue weighted by molar-refractivity contribution is -0.0458. The maximum absolute atomic E-state index is 12.1. The number of aliphatic hydroxyl groups excluding tert-OH is 2. The molecule has 0 radical (unpaired) electrons. The van der Waals surface area contributed by atoms with Gasteiger partial charge < -0.3 is 20.7 Å². The van der Waals surface area contributed by atoms with Gasteiger partial charge in [0.1, 0.15) is 18.1 Å². The summed E-state index contributed by atoms with van der Waals surface area (Å²) in [5, 5.41) is 19.0. The van der Waals surface area contributed by atoms with Gasteiger partial charge >= 0.3 is 5.69 Å². The van der Waals surface area contributed by atoms with Gasteiger partial charge in [-0.1, -0.05) is 25.5 Å². The average Bonchev–Trinajstić information content (AvgIpc) is 2.81. The van der Waals surface area contributed by atoms with Crippen molar-refractivity contribution in [3.05, 3.63) is 27.8 Å². The third kappa shape index (κ3) is 4.19. The van der Waals surface area contributed by atoms with E-state index in [1.165, 1.54) is 4.57 Å². The van der Waals surface area contributed by atoms with Gasteiger partial charge in [0.15, 0.2) is 0 Å². The van der Waals surface area contributed by atoms with Gasteiger partial charge in [0.25, 0.3) is 0 Å². The predicted molar refractivity (Wildman–Crippen MR) is 87.6 cm³/mol. The minimum atomic E-state index is -0.809. The zero-order valence-corrected chi connectivity index (χ0v) is 13.8. The number of ether oxygens (including phenoxy) is 1. The third-order valence-corrected chi connectivity index (χ3v) is 3.84. The Bertz CT molecular complexity index is 639. The van der Waals surface area contributed by atoms with E-state index < -0.39 is 24.1 Å². The minimum Gasteiger partial charge on any atom is -0.394 e. The van der Waals surface area contributed by atoms with Gasteiger partial charge in [0.2, 0.25) is 0 Å². The van der Waals surface area contributed by atoms with Gasteiger partial charge in [-0.2, -0.15) is 4.98 Å². The van der Waals surface area contributed by atoms with E-state index in [9.17, 15) is 9.90 Å². The number of allylic oxidation sites excluding steroid dienone is 1. The second-order valence-corrected chi connectivity index (χ2v) is 6.47. The molecule has 1 aliphatic heterocycles. The minimum absolute atomic E-state index is 0.173. The van der Waals surface area contributed by atoms with Crippen LogP contribution in [0.4, 0.5) is 5.82 Å². The Labute approximate surface area is 135 Å². The molecule has 0 bridgehead atoms. The summed E-state index contributed by atoms with van der Waals surface area (Å²) in [6.07, 6.45) is 2.51. The molecule has 1 saturated heterocycles. The SMILES string of the molecule is CC(=Cc1cn([C@H]2C[C@H](O)[C@@H](CO)O2)c(=O)nc1N)CC(C)C. The van der Waals surface area contributed by atoms with E-state index in [2.05, 4.69) is 18.8 Å². The first kappa shape index (κ1) is 17.7. The molecule has 1 aromatic rings. The van der Waals surface area contributed by atoms with E-state index in [1.54, 1.807) is 6.20 Å². The fourth-order valence-corrected chi connectivity index (χ4v) is 2.83. The summed E-state index contributed by atoms with van der Waals surface area (Å²) in [5.74, 6) is 0.691. The van der Waals surface area contributed by atoms with Crippen LogP contribution in [0.3, 0.4) is 0 Å². The number of aromatic nitrogens is 2. The predicted octanol–water partition coefficient (Wildman–Crippen LogP) is 0.916. The number of nitrogens with two attached hydrogens (primary N) is 1. The van der Waals surface area contributed by atoms with Gasteiger partial charge in [0, 0.05) is 18.2 Å². The molecule has 0 aromatic carbocycles. The first-order valence-corrected chi connectivity index (χ1v) is 7.82. The maximum Gasteiger partial charge on any atom is 0.351 e. The molecule has 0 saturated carbocycles. The molecule has 1 aromatic heterocycles. The van der Waals surface area contributed by atoms with Crippen LogP contribution < -0.4 is 11.4 Å². The summed E-state index contributed by atoms with van der Waals surface area (Å²) >= 11 is 0. The van der Waals surface area contributed by atoms with Crippen LogP contribution in [0.25, 0.3) is 6.08 Å². The van der Waals surface area contributed by atoms with Gasteiger partial charge in [-0.25, -0.2) is 4.79 Å². The van der Waals surface area contributed by atoms with Gasteiger partial charge in [0.05, 0.1) is 12.7 Å². The number of hydrogen-bond acceptors (Lipinski definition) is 6. The van der Waals surface area contributed by atoms with Crippen molar-refractivity contribution < 1.29 is 14.9 Å². The quantitative estimate of drug-likeness (QED) is 0.743. The molecule has 2 rings (SSSR count). The molecule has 0 spiro atoms. The topological polar surface area (TPSA) is 111 Å². The van der Waals surface area contributed by atoms with Crippen molar-refractivity contribution in [1.29, 1.82) is 0 Å². The van der Waals surface area contributed by atoms with Crippen LogP contribution in [-0.2, 0) is 4.74 Å². The summed E-state index contributed by atoms with van der Waals surface area (Å²) in [4.78, 5) is 15.9. The Balaban J connectivity index is 2.32. The zero-order chi connectivity index (χ0) is 17.1. The third-order valence-electron chi connectivity index (χ3n) is 3.84. The summed E-state index contributed by atoms with van der Waals surface area (Å²) < 4.78 is 6.84. The molecule has 7 nitrogen and oxygen atoms in total. The second kappa shape index (κ2) is 7.25. The normalized spacial score (nSPS) is 25.3. The van der Waals surface area contributed by atoms with Crippen LogP contribution in [0.15, 0.2) is 16.6 Å². The molecular weight excluding hydrogens is 298 g/mol. The molecule has 3 atom stereocenters. The molecule has 0 aliphatic carbocycles. The average molecular weight is 323 g/mol. The van der Waals surface area contributed by atoms with Crippen LogP contribution in [0.1, 0.15) is 45.4 Å². The molecule has 7 heteroatoms.